The van der Waals surface area contributed by atoms with Crippen LogP contribution >= 0.6 is 12.6 Å². The van der Waals surface area contributed by atoms with Crippen molar-refractivity contribution < 1.29 is 0 Å². The Labute approximate surface area is 102 Å². The molecule has 5 nitrogen and oxygen atoms in total. The van der Waals surface area contributed by atoms with Gasteiger partial charge in [-0.25, -0.2) is 9.97 Å². The van der Waals surface area contributed by atoms with E-state index in [2.05, 4.69) is 59.0 Å². The van der Waals surface area contributed by atoms with Crippen LogP contribution < -0.4 is 10.6 Å². The van der Waals surface area contributed by atoms with Crippen molar-refractivity contribution in [2.24, 2.45) is 0 Å². The van der Waals surface area contributed by atoms with Gasteiger partial charge in [0.05, 0.1) is 0 Å². The third-order valence-corrected chi connectivity index (χ3v) is 1.99. The minimum absolute atomic E-state index is 0.0519. The Morgan fingerprint density at radius 1 is 1.25 bits per heavy atom. The van der Waals surface area contributed by atoms with Gasteiger partial charge in [-0.3, -0.25) is 0 Å². The second-order valence-corrected chi connectivity index (χ2v) is 4.96. The summed E-state index contributed by atoms with van der Waals surface area (Å²) in [6.45, 7) is 7.00. The van der Waals surface area contributed by atoms with E-state index < -0.39 is 0 Å². The average molecular weight is 241 g/mol. The average Bonchev–Trinajstić information content (AvgIpc) is 2.16. The Bertz CT molecular complexity index is 323. The lowest BCUT2D eigenvalue weighted by Crippen LogP contribution is -2.27. The highest BCUT2D eigenvalue weighted by molar-refractivity contribution is 7.80. The first kappa shape index (κ1) is 13.0. The lowest BCUT2D eigenvalue weighted by molar-refractivity contribution is 0.625. The van der Waals surface area contributed by atoms with Crippen molar-refractivity contribution in [1.82, 2.24) is 15.0 Å². The Kier molecular flexibility index (Phi) is 4.79. The van der Waals surface area contributed by atoms with Crippen LogP contribution in [0.3, 0.4) is 0 Å². The molecule has 90 valence electrons. The number of nitrogens with one attached hydrogen (secondary N) is 2. The van der Waals surface area contributed by atoms with Crippen LogP contribution in [0, 0.1) is 0 Å². The molecule has 0 aliphatic carbocycles. The van der Waals surface area contributed by atoms with Gasteiger partial charge in [-0.2, -0.15) is 17.6 Å². The number of rotatable bonds is 5. The van der Waals surface area contributed by atoms with Crippen LogP contribution in [0.5, 0.6) is 0 Å². The standard InChI is InChI=1S/C10H19N5S/c1-10(2,3)15-9-13-7-12-8(14-9)11-5-4-6-16/h7,16H,4-6H2,1-3H3,(H2,11,12,13,14,15). The third kappa shape index (κ3) is 5.16. The lowest BCUT2D eigenvalue weighted by Gasteiger charge is -2.20. The molecule has 0 bridgehead atoms. The van der Waals surface area contributed by atoms with Gasteiger partial charge in [0, 0.05) is 12.1 Å². The van der Waals surface area contributed by atoms with Gasteiger partial charge in [-0.1, -0.05) is 0 Å². The molecule has 1 heterocycles. The van der Waals surface area contributed by atoms with Crippen LogP contribution in [0.2, 0.25) is 0 Å². The number of hydrogen-bond donors (Lipinski definition) is 3. The molecule has 6 heteroatoms. The summed E-state index contributed by atoms with van der Waals surface area (Å²) in [4.78, 5) is 12.4. The summed E-state index contributed by atoms with van der Waals surface area (Å²) < 4.78 is 0. The van der Waals surface area contributed by atoms with E-state index in [-0.39, 0.29) is 5.54 Å². The first-order valence-electron chi connectivity index (χ1n) is 5.33. The molecule has 0 aliphatic rings. The number of hydrogen-bond acceptors (Lipinski definition) is 6. The van der Waals surface area contributed by atoms with E-state index in [9.17, 15) is 0 Å². The van der Waals surface area contributed by atoms with Crippen LogP contribution in [0.1, 0.15) is 27.2 Å². The Morgan fingerprint density at radius 3 is 2.56 bits per heavy atom. The van der Waals surface area contributed by atoms with Crippen molar-refractivity contribution in [2.45, 2.75) is 32.7 Å². The Morgan fingerprint density at radius 2 is 1.94 bits per heavy atom. The van der Waals surface area contributed by atoms with Gasteiger partial charge in [-0.05, 0) is 32.9 Å². The van der Waals surface area contributed by atoms with E-state index in [4.69, 9.17) is 0 Å². The maximum absolute atomic E-state index is 4.26. The molecule has 1 aromatic rings. The molecule has 0 unspecified atom stereocenters. The number of thiol groups is 1. The molecule has 0 aliphatic heterocycles. The summed E-state index contributed by atoms with van der Waals surface area (Å²) in [5.41, 5.74) is -0.0519. The van der Waals surface area contributed by atoms with Crippen LogP contribution in [0.4, 0.5) is 11.9 Å². The van der Waals surface area contributed by atoms with E-state index in [1.54, 1.807) is 0 Å². The summed E-state index contributed by atoms with van der Waals surface area (Å²) in [7, 11) is 0. The maximum Gasteiger partial charge on any atom is 0.227 e. The Hall–Kier alpha value is -1.04. The highest BCUT2D eigenvalue weighted by Gasteiger charge is 2.11. The topological polar surface area (TPSA) is 62.7 Å². The molecule has 0 spiro atoms. The van der Waals surface area contributed by atoms with Crippen molar-refractivity contribution >= 4 is 24.5 Å². The summed E-state index contributed by atoms with van der Waals surface area (Å²) in [5.74, 6) is 2.05. The lowest BCUT2D eigenvalue weighted by atomic mass is 10.1. The molecular formula is C10H19N5S. The molecule has 1 aromatic heterocycles. The van der Waals surface area contributed by atoms with Crippen molar-refractivity contribution in [3.8, 4) is 0 Å². The van der Waals surface area contributed by atoms with Crippen molar-refractivity contribution in [3.63, 3.8) is 0 Å². The number of nitrogens with zero attached hydrogens (tertiary/aromatic N) is 3. The minimum atomic E-state index is -0.0519. The molecule has 0 saturated carbocycles. The van der Waals surface area contributed by atoms with E-state index in [0.717, 1.165) is 18.7 Å². The monoisotopic (exact) mass is 241 g/mol. The zero-order valence-corrected chi connectivity index (χ0v) is 10.9. The largest absolute Gasteiger partial charge is 0.354 e. The van der Waals surface area contributed by atoms with Gasteiger partial charge in [0.2, 0.25) is 11.9 Å². The van der Waals surface area contributed by atoms with Gasteiger partial charge in [0.1, 0.15) is 6.33 Å². The van der Waals surface area contributed by atoms with Crippen LogP contribution in [0.25, 0.3) is 0 Å². The molecule has 2 N–H and O–H groups in total. The fourth-order valence-corrected chi connectivity index (χ4v) is 1.21. The molecule has 0 amide bonds. The van der Waals surface area contributed by atoms with Gasteiger partial charge >= 0.3 is 0 Å². The van der Waals surface area contributed by atoms with E-state index in [1.807, 2.05) is 0 Å². The van der Waals surface area contributed by atoms with Crippen molar-refractivity contribution in [3.05, 3.63) is 6.33 Å². The molecule has 0 atom stereocenters. The molecule has 16 heavy (non-hydrogen) atoms. The zero-order chi connectivity index (χ0) is 12.0. The molecule has 0 fully saturated rings. The summed E-state index contributed by atoms with van der Waals surface area (Å²) >= 11 is 4.14. The normalized spacial score (nSPS) is 11.2. The molecule has 1 rings (SSSR count). The van der Waals surface area contributed by atoms with E-state index >= 15 is 0 Å². The van der Waals surface area contributed by atoms with Crippen LogP contribution in [-0.4, -0.2) is 32.8 Å². The molecular weight excluding hydrogens is 222 g/mol. The highest BCUT2D eigenvalue weighted by Crippen LogP contribution is 2.09. The first-order valence-corrected chi connectivity index (χ1v) is 5.96. The van der Waals surface area contributed by atoms with Gasteiger partial charge in [-0.15, -0.1) is 0 Å². The second kappa shape index (κ2) is 5.89. The predicted molar refractivity (Wildman–Crippen MR) is 70.2 cm³/mol. The molecule has 0 saturated heterocycles. The summed E-state index contributed by atoms with van der Waals surface area (Å²) in [5, 5.41) is 6.32. The zero-order valence-electron chi connectivity index (χ0n) is 9.99. The number of aromatic nitrogens is 3. The quantitative estimate of drug-likeness (QED) is 0.542. The molecule has 0 aromatic carbocycles. The first-order chi connectivity index (χ1) is 7.51. The van der Waals surface area contributed by atoms with Crippen molar-refractivity contribution in [1.29, 1.82) is 0 Å². The van der Waals surface area contributed by atoms with Gasteiger partial charge < -0.3 is 10.6 Å². The van der Waals surface area contributed by atoms with Crippen molar-refractivity contribution in [2.75, 3.05) is 22.9 Å². The third-order valence-electron chi connectivity index (χ3n) is 1.68. The summed E-state index contributed by atoms with van der Waals surface area (Å²) in [6.07, 6.45) is 2.49. The molecule has 0 radical (unpaired) electrons. The van der Waals surface area contributed by atoms with Gasteiger partial charge in [0.15, 0.2) is 0 Å². The van der Waals surface area contributed by atoms with E-state index in [0.29, 0.717) is 11.9 Å². The number of anilines is 2. The predicted octanol–water partition coefficient (Wildman–Crippen LogP) is 1.81. The summed E-state index contributed by atoms with van der Waals surface area (Å²) in [6, 6.07) is 0. The smallest absolute Gasteiger partial charge is 0.227 e. The second-order valence-electron chi connectivity index (χ2n) is 4.51. The highest BCUT2D eigenvalue weighted by atomic mass is 32.1. The van der Waals surface area contributed by atoms with E-state index in [1.165, 1.54) is 6.33 Å². The van der Waals surface area contributed by atoms with Crippen LogP contribution in [0.15, 0.2) is 6.33 Å². The Balaban J connectivity index is 2.57. The van der Waals surface area contributed by atoms with Gasteiger partial charge in [0.25, 0.3) is 0 Å². The fraction of sp³-hybridized carbons (Fsp3) is 0.700. The van der Waals surface area contributed by atoms with Crippen LogP contribution in [-0.2, 0) is 0 Å². The SMILES string of the molecule is CC(C)(C)Nc1ncnc(NCCCS)n1. The maximum atomic E-state index is 4.26. The fourth-order valence-electron chi connectivity index (χ4n) is 1.06. The minimum Gasteiger partial charge on any atom is -0.354 e.